The van der Waals surface area contributed by atoms with Gasteiger partial charge in [0, 0.05) is 140 Å². The summed E-state index contributed by atoms with van der Waals surface area (Å²) in [6, 6.07) is 6.69. The molecule has 1 saturated carbocycles. The van der Waals surface area contributed by atoms with Crippen LogP contribution < -0.4 is 0 Å². The Hall–Kier alpha value is -1.17. The Labute approximate surface area is 644 Å². The zero-order valence-electron chi connectivity index (χ0n) is 70.7. The first-order valence-corrected chi connectivity index (χ1v) is 42.6. The number of likely N-dealkylation sites (N-methyl/N-ethyl adjacent to an activating group) is 5. The molecule has 17 aliphatic heterocycles. The maximum Gasteiger partial charge on any atom is 0.228 e. The van der Waals surface area contributed by atoms with Crippen molar-refractivity contribution in [3.05, 3.63) is 0 Å². The first-order chi connectivity index (χ1) is 48.4. The van der Waals surface area contributed by atoms with E-state index in [1.165, 1.54) is 188 Å². The molecule has 10 unspecified atom stereocenters. The molecule has 1 amide bonds. The summed E-state index contributed by atoms with van der Waals surface area (Å²) >= 11 is 0. The van der Waals surface area contributed by atoms with Crippen LogP contribution in [0.1, 0.15) is 192 Å². The summed E-state index contributed by atoms with van der Waals surface area (Å²) in [5.41, 5.74) is 0.0290. The fraction of sp³-hybridized carbons (Fsp3) is 0.988. The predicted octanol–water partition coefficient (Wildman–Crippen LogP) is 10.9. The SMILES string of the molecule is C.C.CC1CCN(C)CC1.CN1CC2CCC(C1)N2C.CN1CC2CN(C)CC2C1.CN1CCC2(CC1)CCN(C)C2=O.C[C@@H]1CN(C)CCO1.C[C@H]1CC2CC1N(C)C2.C[C@H]1CCC2CCC1N2C.C[C@H]1CCCN(C)C1.C[C@H]1CCN(C)C1.C[C@H]1OC2CC1N(C)C2.C[C@H]1OCC2CCC1N2C. The summed E-state index contributed by atoms with van der Waals surface area (Å²) in [5, 5.41) is 0. The molecule has 10 bridgehead atoms. The van der Waals surface area contributed by atoms with Crippen LogP contribution in [0.2, 0.25) is 0 Å². The summed E-state index contributed by atoms with van der Waals surface area (Å²) in [7, 11) is 30.7. The summed E-state index contributed by atoms with van der Waals surface area (Å²) < 4.78 is 16.5. The van der Waals surface area contributed by atoms with Gasteiger partial charge in [0.2, 0.25) is 5.91 Å². The number of carbonyl (C=O) groups excluding carboxylic acids is 1. The first-order valence-electron chi connectivity index (χ1n) is 42.6. The van der Waals surface area contributed by atoms with Crippen LogP contribution in [0.3, 0.4) is 0 Å². The maximum absolute atomic E-state index is 11.9. The molecule has 0 aromatic carbocycles. The van der Waals surface area contributed by atoms with Crippen LogP contribution >= 0.6 is 0 Å². The lowest BCUT2D eigenvalue weighted by Gasteiger charge is -2.36. The summed E-state index contributed by atoms with van der Waals surface area (Å²) in [4.78, 5) is 45.5. The molecule has 18 heteroatoms. The molecule has 1 aliphatic carbocycles. The van der Waals surface area contributed by atoms with E-state index in [9.17, 15) is 4.79 Å². The van der Waals surface area contributed by atoms with Gasteiger partial charge in [-0.3, -0.25) is 19.5 Å². The van der Waals surface area contributed by atoms with E-state index < -0.39 is 0 Å². The monoisotopic (exact) mass is 1470 g/mol. The largest absolute Gasteiger partial charge is 0.376 e. The highest BCUT2D eigenvalue weighted by atomic mass is 16.5. The molecule has 0 aromatic rings. The second-order valence-electron chi connectivity index (χ2n) is 37.9. The van der Waals surface area contributed by atoms with Gasteiger partial charge in [0.1, 0.15) is 0 Å². The molecule has 0 radical (unpaired) electrons. The quantitative estimate of drug-likeness (QED) is 0.230. The van der Waals surface area contributed by atoms with Gasteiger partial charge in [-0.25, -0.2) is 0 Å². The Bertz CT molecular complexity index is 2170. The summed E-state index contributed by atoms with van der Waals surface area (Å²) in [5.74, 6) is 8.21. The van der Waals surface area contributed by atoms with Gasteiger partial charge in [-0.05, 0) is 321 Å². The number of piperidine rings is 5. The molecule has 1 spiro atoms. The third kappa shape index (κ3) is 27.6. The van der Waals surface area contributed by atoms with Crippen molar-refractivity contribution in [2.75, 3.05) is 236 Å². The van der Waals surface area contributed by atoms with Crippen molar-refractivity contribution in [3.8, 4) is 0 Å². The van der Waals surface area contributed by atoms with E-state index in [0.717, 1.165) is 161 Å². The zero-order valence-corrected chi connectivity index (χ0v) is 70.7. The number of amides is 1. The van der Waals surface area contributed by atoms with Gasteiger partial charge in [0.15, 0.2) is 0 Å². The van der Waals surface area contributed by atoms with Gasteiger partial charge in [0.05, 0.1) is 43.0 Å². The van der Waals surface area contributed by atoms with Crippen molar-refractivity contribution < 1.29 is 19.0 Å². The Morgan fingerprint density at radius 1 is 0.356 bits per heavy atom. The highest BCUT2D eigenvalue weighted by Gasteiger charge is 2.47. The van der Waals surface area contributed by atoms with Crippen molar-refractivity contribution >= 4 is 5.91 Å². The minimum absolute atomic E-state index is 0. The van der Waals surface area contributed by atoms with Crippen LogP contribution in [0.4, 0.5) is 0 Å². The smallest absolute Gasteiger partial charge is 0.228 e. The van der Waals surface area contributed by atoms with Gasteiger partial charge in [-0.15, -0.1) is 0 Å². The van der Waals surface area contributed by atoms with Crippen LogP contribution in [0.25, 0.3) is 0 Å². The van der Waals surface area contributed by atoms with Crippen molar-refractivity contribution in [3.63, 3.8) is 0 Å². The summed E-state index contributed by atoms with van der Waals surface area (Å²) in [6.07, 6.45) is 27.8. The number of carbonyl (C=O) groups is 1. The van der Waals surface area contributed by atoms with Crippen molar-refractivity contribution in [1.82, 2.24) is 68.6 Å². The number of morpholine rings is 3. The molecule has 17 saturated heterocycles. The molecule has 104 heavy (non-hydrogen) atoms. The highest BCUT2D eigenvalue weighted by molar-refractivity contribution is 5.84. The van der Waals surface area contributed by atoms with E-state index >= 15 is 0 Å². The molecule has 612 valence electrons. The molecule has 17 heterocycles. The van der Waals surface area contributed by atoms with E-state index in [1.54, 1.807) is 0 Å². The van der Waals surface area contributed by atoms with Gasteiger partial charge in [0.25, 0.3) is 0 Å². The third-order valence-corrected chi connectivity index (χ3v) is 28.5. The van der Waals surface area contributed by atoms with Crippen LogP contribution in [0, 0.1) is 52.8 Å². The van der Waals surface area contributed by atoms with Crippen molar-refractivity contribution in [2.24, 2.45) is 52.8 Å². The van der Waals surface area contributed by atoms with Gasteiger partial charge in [-0.1, -0.05) is 49.5 Å². The molecule has 17 atom stereocenters. The second kappa shape index (κ2) is 44.3. The molecular weight excluding hydrogens is 1290 g/mol. The number of nitrogens with zero attached hydrogens (tertiary/aromatic N) is 14. The predicted molar refractivity (Wildman–Crippen MR) is 442 cm³/mol. The number of piperazine rings is 1. The fourth-order valence-corrected chi connectivity index (χ4v) is 21.6. The van der Waals surface area contributed by atoms with Crippen LogP contribution in [-0.4, -0.2) is 383 Å². The number of hydrogen-bond donors (Lipinski definition) is 0. The Kier molecular flexibility index (Phi) is 39.1. The number of hydrogen-bond acceptors (Lipinski definition) is 17. The Morgan fingerprint density at radius 3 is 1.28 bits per heavy atom. The number of fused-ring (bicyclic) bond motifs is 11. The van der Waals surface area contributed by atoms with E-state index in [1.807, 2.05) is 11.9 Å². The maximum atomic E-state index is 11.9. The normalized spacial score (nSPS) is 39.2. The third-order valence-electron chi connectivity index (χ3n) is 28.5. The minimum Gasteiger partial charge on any atom is -0.376 e. The van der Waals surface area contributed by atoms with E-state index in [0.29, 0.717) is 36.4 Å². The highest BCUT2D eigenvalue weighted by Crippen LogP contribution is 2.42. The second-order valence-corrected chi connectivity index (χ2v) is 37.9. The molecule has 18 aliphatic rings. The van der Waals surface area contributed by atoms with E-state index in [2.05, 4.69) is 211 Å². The minimum atomic E-state index is 0. The topological polar surface area (TPSA) is 90.1 Å². The van der Waals surface area contributed by atoms with Gasteiger partial charge < -0.3 is 68.1 Å². The average Bonchev–Trinajstić information content (AvgIpc) is 1.72. The van der Waals surface area contributed by atoms with Gasteiger partial charge >= 0.3 is 0 Å². The Morgan fingerprint density at radius 2 is 0.856 bits per heavy atom. The van der Waals surface area contributed by atoms with Crippen LogP contribution in [0.15, 0.2) is 0 Å². The van der Waals surface area contributed by atoms with E-state index in [4.69, 9.17) is 14.2 Å². The number of rotatable bonds is 0. The molecular formula is C86H174N14O4. The molecule has 18 fully saturated rings. The number of ether oxygens (including phenoxy) is 3. The van der Waals surface area contributed by atoms with Crippen LogP contribution in [-0.2, 0) is 19.0 Å². The van der Waals surface area contributed by atoms with E-state index in [-0.39, 0.29) is 20.3 Å². The molecule has 18 nitrogen and oxygen atoms in total. The van der Waals surface area contributed by atoms with Crippen molar-refractivity contribution in [1.29, 1.82) is 0 Å². The molecule has 18 rings (SSSR count). The lowest BCUT2D eigenvalue weighted by atomic mass is 9.77. The zero-order chi connectivity index (χ0) is 74.1. The average molecular weight is 1470 g/mol. The van der Waals surface area contributed by atoms with Gasteiger partial charge in [-0.2, -0.15) is 0 Å². The first kappa shape index (κ1) is 91.7. The summed E-state index contributed by atoms with van der Waals surface area (Å²) in [6.45, 7) is 43.6. The molecule has 0 N–H and O–H groups in total. The Balaban J connectivity index is 0.000000180. The van der Waals surface area contributed by atoms with Crippen LogP contribution in [0.5, 0.6) is 0 Å². The fourth-order valence-electron chi connectivity index (χ4n) is 21.6. The standard InChI is InChI=1S/C10H18N2O.C9H17N.2C8H16N2.C8H15NO.C8H15N.C7H13NO.2C7H15N.C6H13NO.C6H13N.2CH4/c1-11-6-3-10(4-7-11)5-8-12(2)9(10)13;1-7-3-4-8-5-6-9(7)10(8)2;1-9-3-7-5-10(2)6-8(7)4-9;1-9-5-7-3-4-8(6-9)10(7)2;1-6-8-4-3-7(5-10-6)9(8)2;1-6-3-7-4-8(6)9(2)5-7;1-5-7-3-6(9-5)4-8(7)2;1-7-3-5-8(2)6-4-7;1-7-4-3-5-8(2)6-7;1-6-5-7(2)3-4-8-6;1-6-3-4-7(2)5-6;;/h3-8H2,1-2H3;7-9H,3-6H2,1-2H3;2*7-8H,3-6H2,1-2H3;6-8H,3-5H2,1-2H3;6-8H,3-5H2,1-2H3;5-7H,3-4H2,1-2H3;2*7H,3-6H2,1-2H3;6H,3-5H2,1-2H3;6H,3-5H2,1-2H3;2*1H4/t;7-,8?,9?;;;2*6-,7?,8?;5-,6?,7?;;7-;2*6-;;/m.0..101.010../s1. The van der Waals surface area contributed by atoms with Crippen molar-refractivity contribution in [2.45, 2.75) is 265 Å². The lowest BCUT2D eigenvalue weighted by Crippen LogP contribution is -2.50. The number of likely N-dealkylation sites (tertiary alicyclic amines) is 10. The lowest BCUT2D eigenvalue weighted by molar-refractivity contribution is -0.137. The molecule has 0 aromatic heterocycles.